The number of nitrogens with zero attached hydrogens (tertiary/aromatic N) is 5. The van der Waals surface area contributed by atoms with E-state index in [1.165, 1.54) is 11.3 Å². The first-order valence-corrected chi connectivity index (χ1v) is 14.6. The van der Waals surface area contributed by atoms with E-state index in [1.54, 1.807) is 18.3 Å². The van der Waals surface area contributed by atoms with Crippen molar-refractivity contribution in [3.8, 4) is 10.4 Å². The zero-order valence-electron chi connectivity index (χ0n) is 23.1. The fourth-order valence-electron chi connectivity index (χ4n) is 5.29. The lowest BCUT2D eigenvalue weighted by Crippen LogP contribution is -2.38. The maximum Gasteiger partial charge on any atom is 0.433 e. The number of aryl methyl sites for hydroxylation is 1. The van der Waals surface area contributed by atoms with E-state index in [4.69, 9.17) is 0 Å². The molecule has 0 unspecified atom stereocenters. The number of hydrogen-bond acceptors (Lipinski definition) is 8. The smallest absolute Gasteiger partial charge is 0.383 e. The largest absolute Gasteiger partial charge is 0.433 e. The Bertz CT molecular complexity index is 1740. The number of carbonyl (C=O) groups excluding carboxylic acids is 1. The third-order valence-electron chi connectivity index (χ3n) is 7.51. The van der Waals surface area contributed by atoms with Crippen LogP contribution in [0.2, 0.25) is 0 Å². The summed E-state index contributed by atoms with van der Waals surface area (Å²) in [4.78, 5) is 30.2. The summed E-state index contributed by atoms with van der Waals surface area (Å²) in [5.41, 5.74) is 1.62. The van der Waals surface area contributed by atoms with Gasteiger partial charge in [-0.15, -0.1) is 11.3 Å². The van der Waals surface area contributed by atoms with Crippen molar-refractivity contribution in [1.82, 2.24) is 29.7 Å². The van der Waals surface area contributed by atoms with Crippen LogP contribution in [-0.4, -0.2) is 35.4 Å². The summed E-state index contributed by atoms with van der Waals surface area (Å²) < 4.78 is 41.1. The van der Waals surface area contributed by atoms with Crippen molar-refractivity contribution in [2.75, 3.05) is 5.32 Å². The molecule has 222 valence electrons. The summed E-state index contributed by atoms with van der Waals surface area (Å²) >= 11 is 1.36. The second-order valence-electron chi connectivity index (χ2n) is 10.7. The normalized spacial score (nSPS) is 19.0. The predicted octanol–water partition coefficient (Wildman–Crippen LogP) is 6.01. The molecule has 0 saturated heterocycles. The van der Waals surface area contributed by atoms with Crippen LogP contribution in [0.5, 0.6) is 0 Å². The molecule has 1 aliphatic carbocycles. The number of nitrogens with one attached hydrogen (secondary N) is 2. The Labute approximate surface area is 248 Å². The summed E-state index contributed by atoms with van der Waals surface area (Å²) in [6, 6.07) is 12.0. The van der Waals surface area contributed by atoms with Gasteiger partial charge in [0.15, 0.2) is 0 Å². The van der Waals surface area contributed by atoms with E-state index in [1.807, 2.05) is 48.0 Å². The highest BCUT2D eigenvalue weighted by Gasteiger charge is 2.39. The fraction of sp³-hybridized carbons (Fsp3) is 0.300. The van der Waals surface area contributed by atoms with Crippen LogP contribution >= 0.6 is 11.3 Å². The Kier molecular flexibility index (Phi) is 7.61. The molecule has 1 saturated carbocycles. The molecule has 4 aromatic heterocycles. The second kappa shape index (κ2) is 11.4. The molecule has 3 N–H and O–H groups in total. The molecule has 9 nitrogen and oxygen atoms in total. The number of pyridine rings is 1. The first kappa shape index (κ1) is 28.7. The highest BCUT2D eigenvalue weighted by Crippen LogP contribution is 2.43. The molecule has 0 bridgehead atoms. The SMILES string of the molecule is Cc1cc(Nc2nccc(C(F)(F)F)n2)cc(-c2cnc([C@]3(O)CC[C@@H](C(=O)NCc4cn5ccccc5n4)CC3)s2)c1. The van der Waals surface area contributed by atoms with Gasteiger partial charge in [-0.1, -0.05) is 12.1 Å². The number of carbonyl (C=O) groups is 1. The Balaban J connectivity index is 1.09. The summed E-state index contributed by atoms with van der Waals surface area (Å²) in [7, 11) is 0. The third kappa shape index (κ3) is 6.37. The van der Waals surface area contributed by atoms with Crippen LogP contribution in [0.3, 0.4) is 0 Å². The molecule has 1 aromatic carbocycles. The number of imidazole rings is 1. The first-order valence-electron chi connectivity index (χ1n) is 13.7. The van der Waals surface area contributed by atoms with Crippen LogP contribution in [0.25, 0.3) is 16.1 Å². The highest BCUT2D eigenvalue weighted by atomic mass is 32.1. The summed E-state index contributed by atoms with van der Waals surface area (Å²) in [5, 5.41) is 17.9. The van der Waals surface area contributed by atoms with Gasteiger partial charge in [0.1, 0.15) is 21.9 Å². The Morgan fingerprint density at radius 2 is 1.95 bits per heavy atom. The molecule has 0 radical (unpaired) electrons. The monoisotopic (exact) mass is 607 g/mol. The third-order valence-corrected chi connectivity index (χ3v) is 8.75. The molecule has 6 rings (SSSR count). The molecule has 0 atom stereocenters. The van der Waals surface area contributed by atoms with E-state index >= 15 is 0 Å². The Morgan fingerprint density at radius 1 is 1.14 bits per heavy atom. The van der Waals surface area contributed by atoms with Crippen molar-refractivity contribution in [3.63, 3.8) is 0 Å². The van der Waals surface area contributed by atoms with Crippen LogP contribution in [0.1, 0.15) is 47.6 Å². The number of alkyl halides is 3. The number of halogens is 3. The van der Waals surface area contributed by atoms with Crippen LogP contribution in [0, 0.1) is 12.8 Å². The molecule has 0 spiro atoms. The Morgan fingerprint density at radius 3 is 2.72 bits per heavy atom. The minimum Gasteiger partial charge on any atom is -0.383 e. The number of aliphatic hydroxyl groups is 1. The van der Waals surface area contributed by atoms with Crippen LogP contribution in [-0.2, 0) is 23.1 Å². The van der Waals surface area contributed by atoms with Crippen molar-refractivity contribution in [1.29, 1.82) is 0 Å². The zero-order chi connectivity index (χ0) is 30.2. The van der Waals surface area contributed by atoms with Gasteiger partial charge in [0.2, 0.25) is 11.9 Å². The second-order valence-corrected chi connectivity index (χ2v) is 11.8. The van der Waals surface area contributed by atoms with Gasteiger partial charge in [0.05, 0.1) is 17.1 Å². The van der Waals surface area contributed by atoms with E-state index in [-0.39, 0.29) is 17.8 Å². The number of rotatable bonds is 7. The molecule has 0 aliphatic heterocycles. The van der Waals surface area contributed by atoms with Gasteiger partial charge in [-0.05, 0) is 74.1 Å². The quantitative estimate of drug-likeness (QED) is 0.207. The predicted molar refractivity (Wildman–Crippen MR) is 155 cm³/mol. The zero-order valence-corrected chi connectivity index (χ0v) is 23.9. The molecule has 13 heteroatoms. The molecule has 1 amide bonds. The lowest BCUT2D eigenvalue weighted by atomic mass is 9.78. The molecular formula is C30H28F3N7O2S. The topological polar surface area (TPSA) is 117 Å². The number of fused-ring (bicyclic) bond motifs is 1. The van der Waals surface area contributed by atoms with Gasteiger partial charge in [-0.2, -0.15) is 13.2 Å². The van der Waals surface area contributed by atoms with Crippen molar-refractivity contribution in [3.05, 3.63) is 89.2 Å². The van der Waals surface area contributed by atoms with Crippen molar-refractivity contribution in [2.45, 2.75) is 50.9 Å². The van der Waals surface area contributed by atoms with Gasteiger partial charge >= 0.3 is 6.18 Å². The number of benzene rings is 1. The lowest BCUT2D eigenvalue weighted by Gasteiger charge is -2.33. The summed E-state index contributed by atoms with van der Waals surface area (Å²) in [6.45, 7) is 2.21. The van der Waals surface area contributed by atoms with E-state index < -0.39 is 17.5 Å². The van der Waals surface area contributed by atoms with Crippen LogP contribution in [0.15, 0.2) is 67.3 Å². The number of anilines is 2. The van der Waals surface area contributed by atoms with Gasteiger partial charge in [-0.3, -0.25) is 4.79 Å². The molecule has 43 heavy (non-hydrogen) atoms. The number of aromatic nitrogens is 5. The maximum atomic E-state index is 13.1. The molecule has 1 fully saturated rings. The number of thiazole rings is 1. The van der Waals surface area contributed by atoms with E-state index in [9.17, 15) is 23.1 Å². The molecule has 1 aliphatic rings. The summed E-state index contributed by atoms with van der Waals surface area (Å²) in [6.07, 6.45) is 3.83. The highest BCUT2D eigenvalue weighted by molar-refractivity contribution is 7.15. The maximum absolute atomic E-state index is 13.1. The average Bonchev–Trinajstić information content (AvgIpc) is 3.64. The average molecular weight is 608 g/mol. The Hall–Kier alpha value is -4.36. The van der Waals surface area contributed by atoms with Gasteiger partial charge < -0.3 is 20.1 Å². The summed E-state index contributed by atoms with van der Waals surface area (Å²) in [5.74, 6) is -0.423. The van der Waals surface area contributed by atoms with Gasteiger partial charge in [0, 0.05) is 36.4 Å². The van der Waals surface area contributed by atoms with Crippen LogP contribution in [0.4, 0.5) is 24.8 Å². The van der Waals surface area contributed by atoms with E-state index in [2.05, 4.69) is 30.6 Å². The minimum atomic E-state index is -4.57. The van der Waals surface area contributed by atoms with E-state index in [0.717, 1.165) is 39.6 Å². The fourth-order valence-corrected chi connectivity index (χ4v) is 6.34. The standard InChI is InChI=1S/C30H28F3N7O2S/c1-18-12-20(14-21(13-18)38-28-34-10-7-24(39-28)30(31,32)33)23-16-36-27(43-23)29(42)8-5-19(6-9-29)26(41)35-15-22-17-40-11-3-2-4-25(40)37-22/h2-4,7,10-14,16-17,19,42H,5-6,8-9,15H2,1H3,(H,35,41)(H,34,38,39)/t19-,29+. The van der Waals surface area contributed by atoms with Crippen molar-refractivity contribution in [2.24, 2.45) is 5.92 Å². The number of amides is 1. The number of hydrogen-bond donors (Lipinski definition) is 3. The minimum absolute atomic E-state index is 0.0523. The first-order chi connectivity index (χ1) is 20.6. The molecular weight excluding hydrogens is 579 g/mol. The van der Waals surface area contributed by atoms with E-state index in [0.29, 0.717) is 42.9 Å². The van der Waals surface area contributed by atoms with Gasteiger partial charge in [-0.25, -0.2) is 19.9 Å². The molecule has 5 aromatic rings. The van der Waals surface area contributed by atoms with Crippen LogP contribution < -0.4 is 10.6 Å². The molecule has 4 heterocycles. The van der Waals surface area contributed by atoms with Gasteiger partial charge in [0.25, 0.3) is 0 Å². The van der Waals surface area contributed by atoms with Crippen molar-refractivity contribution < 1.29 is 23.1 Å². The lowest BCUT2D eigenvalue weighted by molar-refractivity contribution is -0.141. The van der Waals surface area contributed by atoms with Crippen molar-refractivity contribution >= 4 is 34.5 Å².